The van der Waals surface area contributed by atoms with Gasteiger partial charge >= 0.3 is 12.1 Å². The Labute approximate surface area is 185 Å². The van der Waals surface area contributed by atoms with Crippen LogP contribution in [0.25, 0.3) is 0 Å². The lowest BCUT2D eigenvalue weighted by Crippen LogP contribution is -2.51. The summed E-state index contributed by atoms with van der Waals surface area (Å²) < 4.78 is 5.51. The Hall–Kier alpha value is -1.95. The molecular weight excluding hydrogens is 402 g/mol. The van der Waals surface area contributed by atoms with Crippen LogP contribution < -0.4 is 0 Å². The zero-order chi connectivity index (χ0) is 22.3. The molecule has 0 spiro atoms. The highest BCUT2D eigenvalue weighted by atomic mass is 35.5. The van der Waals surface area contributed by atoms with Crippen LogP contribution in [0.2, 0.25) is 5.02 Å². The Bertz CT molecular complexity index is 792. The average molecular weight is 436 g/mol. The number of benzene rings is 1. The number of hydrogen-bond donors (Lipinski definition) is 0. The molecule has 2 heterocycles. The van der Waals surface area contributed by atoms with Gasteiger partial charge in [0, 0.05) is 36.2 Å². The van der Waals surface area contributed by atoms with Gasteiger partial charge in [-0.2, -0.15) is 0 Å². The molecule has 2 aliphatic rings. The summed E-state index contributed by atoms with van der Waals surface area (Å²) in [4.78, 5) is 31.5. The van der Waals surface area contributed by atoms with Crippen molar-refractivity contribution in [3.05, 3.63) is 34.9 Å². The number of ether oxygens (including phenoxy) is 1. The van der Waals surface area contributed by atoms with Gasteiger partial charge < -0.3 is 19.4 Å². The van der Waals surface area contributed by atoms with Crippen molar-refractivity contribution in [2.75, 3.05) is 19.6 Å². The van der Waals surface area contributed by atoms with Crippen molar-refractivity contribution in [1.82, 2.24) is 14.7 Å². The van der Waals surface area contributed by atoms with Crippen LogP contribution in [0.4, 0.5) is 9.59 Å². The van der Waals surface area contributed by atoms with Crippen LogP contribution in [0.5, 0.6) is 0 Å². The summed E-state index contributed by atoms with van der Waals surface area (Å²) in [5, 5.41) is 0.683. The van der Waals surface area contributed by atoms with E-state index in [1.165, 1.54) is 0 Å². The number of carbonyl (C=O) groups excluding carboxylic acids is 2. The van der Waals surface area contributed by atoms with Crippen molar-refractivity contribution in [2.45, 2.75) is 77.6 Å². The van der Waals surface area contributed by atoms with Gasteiger partial charge in [-0.05, 0) is 66.0 Å². The summed E-state index contributed by atoms with van der Waals surface area (Å²) in [6.45, 7) is 13.6. The predicted octanol–water partition coefficient (Wildman–Crippen LogP) is 5.32. The topological polar surface area (TPSA) is 53.1 Å². The minimum absolute atomic E-state index is 0.0446. The van der Waals surface area contributed by atoms with E-state index >= 15 is 0 Å². The Morgan fingerprint density at radius 3 is 2.20 bits per heavy atom. The molecule has 166 valence electrons. The van der Waals surface area contributed by atoms with Crippen LogP contribution in [-0.4, -0.2) is 63.6 Å². The van der Waals surface area contributed by atoms with E-state index < -0.39 is 5.60 Å². The van der Waals surface area contributed by atoms with Gasteiger partial charge in [0.05, 0.1) is 6.04 Å². The van der Waals surface area contributed by atoms with Gasteiger partial charge in [0.2, 0.25) is 0 Å². The highest BCUT2D eigenvalue weighted by Gasteiger charge is 2.47. The number of halogens is 1. The SMILES string of the molecule is CC(C)(C)OC(=O)N1CCC(N2C(=O)N(C(C)(C)C)CC2c2ccccc2Cl)CC1. The number of nitrogens with zero attached hydrogens (tertiary/aromatic N) is 3. The number of rotatable bonds is 2. The molecule has 7 heteroatoms. The van der Waals surface area contributed by atoms with E-state index in [2.05, 4.69) is 20.8 Å². The highest BCUT2D eigenvalue weighted by Crippen LogP contribution is 2.39. The van der Waals surface area contributed by atoms with Crippen LogP contribution in [0, 0.1) is 0 Å². The Kier molecular flexibility index (Phi) is 6.28. The minimum atomic E-state index is -0.513. The fourth-order valence-corrected chi connectivity index (χ4v) is 4.49. The molecule has 0 aromatic heterocycles. The molecule has 0 saturated carbocycles. The summed E-state index contributed by atoms with van der Waals surface area (Å²) in [7, 11) is 0. The first kappa shape index (κ1) is 22.7. The van der Waals surface area contributed by atoms with Crippen LogP contribution in [-0.2, 0) is 4.74 Å². The molecule has 3 amide bonds. The summed E-state index contributed by atoms with van der Waals surface area (Å²) in [6.07, 6.45) is 1.17. The largest absolute Gasteiger partial charge is 0.444 e. The third-order valence-corrected chi connectivity index (χ3v) is 6.07. The number of likely N-dealkylation sites (tertiary alicyclic amines) is 1. The van der Waals surface area contributed by atoms with E-state index in [4.69, 9.17) is 16.3 Å². The van der Waals surface area contributed by atoms with Crippen molar-refractivity contribution < 1.29 is 14.3 Å². The summed E-state index contributed by atoms with van der Waals surface area (Å²) in [6, 6.07) is 7.78. The molecule has 1 atom stereocenters. The molecule has 2 fully saturated rings. The first-order valence-corrected chi connectivity index (χ1v) is 11.1. The Balaban J connectivity index is 1.79. The van der Waals surface area contributed by atoms with Crippen molar-refractivity contribution in [3.63, 3.8) is 0 Å². The maximum atomic E-state index is 13.5. The van der Waals surface area contributed by atoms with Crippen molar-refractivity contribution >= 4 is 23.7 Å². The summed E-state index contributed by atoms with van der Waals surface area (Å²) in [5.74, 6) is 0. The molecule has 30 heavy (non-hydrogen) atoms. The molecule has 0 radical (unpaired) electrons. The predicted molar refractivity (Wildman–Crippen MR) is 119 cm³/mol. The molecule has 2 aliphatic heterocycles. The molecule has 2 saturated heterocycles. The fraction of sp³-hybridized carbons (Fsp3) is 0.652. The van der Waals surface area contributed by atoms with E-state index in [-0.39, 0.29) is 29.7 Å². The van der Waals surface area contributed by atoms with Gasteiger partial charge in [-0.25, -0.2) is 9.59 Å². The van der Waals surface area contributed by atoms with Crippen LogP contribution in [0.15, 0.2) is 24.3 Å². The van der Waals surface area contributed by atoms with E-state index in [9.17, 15) is 9.59 Å². The molecule has 1 unspecified atom stereocenters. The second kappa shape index (κ2) is 8.29. The maximum Gasteiger partial charge on any atom is 0.410 e. The van der Waals surface area contributed by atoms with Crippen molar-refractivity contribution in [2.24, 2.45) is 0 Å². The lowest BCUT2D eigenvalue weighted by atomic mass is 9.99. The van der Waals surface area contributed by atoms with Crippen molar-refractivity contribution in [1.29, 1.82) is 0 Å². The lowest BCUT2D eigenvalue weighted by molar-refractivity contribution is 0.0157. The normalized spacial score (nSPS) is 21.4. The van der Waals surface area contributed by atoms with Crippen LogP contribution in [0.3, 0.4) is 0 Å². The molecule has 0 bridgehead atoms. The minimum Gasteiger partial charge on any atom is -0.444 e. The smallest absolute Gasteiger partial charge is 0.410 e. The van der Waals surface area contributed by atoms with Gasteiger partial charge in [0.25, 0.3) is 0 Å². The van der Waals surface area contributed by atoms with Gasteiger partial charge in [-0.1, -0.05) is 29.8 Å². The van der Waals surface area contributed by atoms with E-state index in [0.29, 0.717) is 24.7 Å². The van der Waals surface area contributed by atoms with Gasteiger partial charge in [0.1, 0.15) is 5.60 Å². The number of amides is 3. The Morgan fingerprint density at radius 1 is 1.07 bits per heavy atom. The second-order valence-corrected chi connectivity index (χ2v) is 10.6. The number of carbonyl (C=O) groups is 2. The molecule has 0 N–H and O–H groups in total. The standard InChI is InChI=1S/C23H34ClN3O3/c1-22(2,3)26-15-19(17-9-7-8-10-18(17)24)27(20(26)28)16-11-13-25(14-12-16)21(29)30-23(4,5)6/h7-10,16,19H,11-15H2,1-6H3. The van der Waals surface area contributed by atoms with Crippen LogP contribution in [0.1, 0.15) is 66.0 Å². The van der Waals surface area contributed by atoms with Gasteiger partial charge in [0.15, 0.2) is 0 Å². The fourth-order valence-electron chi connectivity index (χ4n) is 4.23. The maximum absolute atomic E-state index is 13.5. The van der Waals surface area contributed by atoms with E-state index in [1.54, 1.807) is 4.90 Å². The quantitative estimate of drug-likeness (QED) is 0.631. The van der Waals surface area contributed by atoms with E-state index in [0.717, 1.165) is 18.4 Å². The van der Waals surface area contributed by atoms with Crippen LogP contribution >= 0.6 is 11.6 Å². The zero-order valence-electron chi connectivity index (χ0n) is 18.9. The second-order valence-electron chi connectivity index (χ2n) is 10.2. The monoisotopic (exact) mass is 435 g/mol. The average Bonchev–Trinajstić information content (AvgIpc) is 2.98. The third kappa shape index (κ3) is 4.85. The molecule has 6 nitrogen and oxygen atoms in total. The molecular formula is C23H34ClN3O3. The number of urea groups is 1. The first-order chi connectivity index (χ1) is 13.9. The molecule has 1 aromatic carbocycles. The molecule has 3 rings (SSSR count). The van der Waals surface area contributed by atoms with Gasteiger partial charge in [-0.3, -0.25) is 0 Å². The lowest BCUT2D eigenvalue weighted by Gasteiger charge is -2.39. The molecule has 1 aromatic rings. The van der Waals surface area contributed by atoms with Crippen molar-refractivity contribution in [3.8, 4) is 0 Å². The highest BCUT2D eigenvalue weighted by molar-refractivity contribution is 6.31. The van der Waals surface area contributed by atoms with E-state index in [1.807, 2.05) is 54.8 Å². The Morgan fingerprint density at radius 2 is 1.67 bits per heavy atom. The number of piperidine rings is 1. The van der Waals surface area contributed by atoms with Gasteiger partial charge in [-0.15, -0.1) is 0 Å². The summed E-state index contributed by atoms with van der Waals surface area (Å²) in [5.41, 5.74) is 0.192. The zero-order valence-corrected chi connectivity index (χ0v) is 19.7. The number of hydrogen-bond acceptors (Lipinski definition) is 3. The summed E-state index contributed by atoms with van der Waals surface area (Å²) >= 11 is 6.52. The first-order valence-electron chi connectivity index (χ1n) is 10.7. The molecule has 0 aliphatic carbocycles. The third-order valence-electron chi connectivity index (χ3n) is 5.73.